The number of hydrazone groups is 1. The number of nitrogens with zero attached hydrogens (tertiary/aromatic N) is 3. The van der Waals surface area contributed by atoms with E-state index in [1.165, 1.54) is 5.56 Å². The van der Waals surface area contributed by atoms with Crippen LogP contribution in [0, 0.1) is 13.8 Å². The molecule has 8 heteroatoms. The molecule has 28 heavy (non-hydrogen) atoms. The minimum absolute atomic E-state index is 0.283. The molecule has 0 aliphatic rings. The van der Waals surface area contributed by atoms with Gasteiger partial charge in [-0.3, -0.25) is 5.43 Å². The van der Waals surface area contributed by atoms with Crippen LogP contribution in [0.3, 0.4) is 0 Å². The second-order valence-electron chi connectivity index (χ2n) is 6.10. The Kier molecular flexibility index (Phi) is 6.01. The van der Waals surface area contributed by atoms with Crippen LogP contribution in [0.5, 0.6) is 11.5 Å². The summed E-state index contributed by atoms with van der Waals surface area (Å²) in [4.78, 5) is 15.1. The van der Waals surface area contributed by atoms with Gasteiger partial charge in [-0.2, -0.15) is 15.2 Å². The summed E-state index contributed by atoms with van der Waals surface area (Å²) in [6.45, 7) is 4.15. The summed E-state index contributed by atoms with van der Waals surface area (Å²) >= 11 is 0. The van der Waals surface area contributed by atoms with Crippen LogP contribution in [0.25, 0.3) is 0 Å². The van der Waals surface area contributed by atoms with Crippen molar-refractivity contribution in [2.75, 3.05) is 12.5 Å². The van der Waals surface area contributed by atoms with Crippen LogP contribution in [-0.2, 0) is 6.61 Å². The molecule has 0 saturated carbocycles. The molecule has 0 aliphatic heterocycles. The number of hydrogen-bond donors (Lipinski definition) is 2. The number of aromatic amines is 1. The van der Waals surface area contributed by atoms with Crippen LogP contribution >= 0.6 is 0 Å². The van der Waals surface area contributed by atoms with Gasteiger partial charge in [0.2, 0.25) is 0 Å². The van der Waals surface area contributed by atoms with Gasteiger partial charge < -0.3 is 9.47 Å². The van der Waals surface area contributed by atoms with Crippen molar-refractivity contribution < 1.29 is 9.47 Å². The van der Waals surface area contributed by atoms with Gasteiger partial charge in [-0.25, -0.2) is 9.89 Å². The number of aromatic nitrogens is 3. The Labute approximate surface area is 162 Å². The van der Waals surface area contributed by atoms with Gasteiger partial charge >= 0.3 is 5.69 Å². The smallest absolute Gasteiger partial charge is 0.363 e. The van der Waals surface area contributed by atoms with Crippen LogP contribution in [0.1, 0.15) is 22.4 Å². The van der Waals surface area contributed by atoms with Crippen LogP contribution in [0.2, 0.25) is 0 Å². The second-order valence-corrected chi connectivity index (χ2v) is 6.10. The highest BCUT2D eigenvalue weighted by molar-refractivity contribution is 5.85. The van der Waals surface area contributed by atoms with Gasteiger partial charge in [0.1, 0.15) is 12.3 Å². The topological polar surface area (TPSA) is 101 Å². The third kappa shape index (κ3) is 4.73. The van der Waals surface area contributed by atoms with E-state index in [0.717, 1.165) is 11.1 Å². The normalized spacial score (nSPS) is 10.8. The highest BCUT2D eigenvalue weighted by Gasteiger charge is 2.10. The number of ether oxygens (including phenoxy) is 2. The molecular weight excluding hydrogens is 358 g/mol. The molecular formula is C20H21N5O3. The third-order valence-corrected chi connectivity index (χ3v) is 3.94. The Morgan fingerprint density at radius 3 is 2.82 bits per heavy atom. The van der Waals surface area contributed by atoms with E-state index in [2.05, 4.69) is 31.8 Å². The Morgan fingerprint density at radius 2 is 2.04 bits per heavy atom. The molecule has 0 atom stereocenters. The minimum atomic E-state index is -0.549. The molecule has 8 nitrogen and oxygen atoms in total. The number of methoxy groups -OCH3 is 1. The van der Waals surface area contributed by atoms with Gasteiger partial charge in [-0.1, -0.05) is 35.9 Å². The van der Waals surface area contributed by atoms with E-state index in [1.807, 2.05) is 43.3 Å². The van der Waals surface area contributed by atoms with E-state index in [1.54, 1.807) is 20.2 Å². The van der Waals surface area contributed by atoms with E-state index in [-0.39, 0.29) is 5.82 Å². The van der Waals surface area contributed by atoms with Crippen molar-refractivity contribution >= 4 is 12.0 Å². The summed E-state index contributed by atoms with van der Waals surface area (Å²) < 4.78 is 11.4. The molecule has 0 amide bonds. The summed E-state index contributed by atoms with van der Waals surface area (Å²) in [6, 6.07) is 13.6. The molecule has 0 unspecified atom stereocenters. The Bertz CT molecular complexity index is 1050. The zero-order valence-corrected chi connectivity index (χ0v) is 15.9. The average Bonchev–Trinajstić information content (AvgIpc) is 2.69. The van der Waals surface area contributed by atoms with Crippen LogP contribution < -0.4 is 20.6 Å². The van der Waals surface area contributed by atoms with Crippen LogP contribution in [0.15, 0.2) is 52.4 Å². The number of anilines is 1. The first kappa shape index (κ1) is 19.1. The lowest BCUT2D eigenvalue weighted by atomic mass is 10.1. The summed E-state index contributed by atoms with van der Waals surface area (Å²) in [5, 5.41) is 10.3. The summed E-state index contributed by atoms with van der Waals surface area (Å²) in [6.07, 6.45) is 1.58. The van der Waals surface area contributed by atoms with Crippen molar-refractivity contribution in [2.24, 2.45) is 5.10 Å². The Balaban J connectivity index is 1.80. The zero-order chi connectivity index (χ0) is 19.9. The van der Waals surface area contributed by atoms with E-state index in [9.17, 15) is 4.79 Å². The van der Waals surface area contributed by atoms with E-state index >= 15 is 0 Å². The lowest BCUT2D eigenvalue weighted by molar-refractivity contribution is 0.284. The lowest BCUT2D eigenvalue weighted by Crippen LogP contribution is -2.15. The number of para-hydroxylation sites is 1. The molecule has 0 radical (unpaired) electrons. The molecule has 0 saturated heterocycles. The summed E-state index contributed by atoms with van der Waals surface area (Å²) in [7, 11) is 1.59. The number of benzene rings is 2. The summed E-state index contributed by atoms with van der Waals surface area (Å²) in [5.41, 5.74) is 5.65. The predicted molar refractivity (Wildman–Crippen MR) is 107 cm³/mol. The fraction of sp³-hybridized carbons (Fsp3) is 0.200. The van der Waals surface area contributed by atoms with Gasteiger partial charge in [0.15, 0.2) is 17.3 Å². The van der Waals surface area contributed by atoms with Crippen molar-refractivity contribution in [1.29, 1.82) is 0 Å². The van der Waals surface area contributed by atoms with E-state index in [0.29, 0.717) is 23.8 Å². The molecule has 1 aromatic heterocycles. The quantitative estimate of drug-likeness (QED) is 0.483. The standard InChI is InChI=1S/C20H21N5O3/c1-13-6-4-7-15(10-13)12-28-18-16(8-5-9-17(18)27-3)11-21-24-19-14(2)23-25-20(26)22-19/h4-11H,12H2,1-3H3,(H2,22,24,25,26)/b21-11+. The van der Waals surface area contributed by atoms with Gasteiger partial charge in [0, 0.05) is 5.56 Å². The maximum Gasteiger partial charge on any atom is 0.363 e. The number of nitrogens with one attached hydrogen (secondary N) is 2. The van der Waals surface area contributed by atoms with Crippen LogP contribution in [0.4, 0.5) is 5.82 Å². The molecule has 0 bridgehead atoms. The molecule has 0 aliphatic carbocycles. The maximum absolute atomic E-state index is 11.3. The van der Waals surface area contributed by atoms with E-state index in [4.69, 9.17) is 9.47 Å². The van der Waals surface area contributed by atoms with Crippen LogP contribution in [-0.4, -0.2) is 28.5 Å². The highest BCUT2D eigenvalue weighted by atomic mass is 16.5. The fourth-order valence-electron chi connectivity index (χ4n) is 2.57. The zero-order valence-electron chi connectivity index (χ0n) is 15.9. The molecule has 3 aromatic rings. The number of hydrogen-bond acceptors (Lipinski definition) is 7. The fourth-order valence-corrected chi connectivity index (χ4v) is 2.57. The van der Waals surface area contributed by atoms with Gasteiger partial charge in [-0.15, -0.1) is 0 Å². The molecule has 0 fully saturated rings. The first-order chi connectivity index (χ1) is 13.6. The van der Waals surface area contributed by atoms with Crippen molar-refractivity contribution in [2.45, 2.75) is 20.5 Å². The first-order valence-electron chi connectivity index (χ1n) is 8.64. The maximum atomic E-state index is 11.3. The highest BCUT2D eigenvalue weighted by Crippen LogP contribution is 2.31. The largest absolute Gasteiger partial charge is 0.493 e. The summed E-state index contributed by atoms with van der Waals surface area (Å²) in [5.74, 6) is 1.46. The second kappa shape index (κ2) is 8.81. The number of H-pyrrole nitrogens is 1. The van der Waals surface area contributed by atoms with Crippen molar-refractivity contribution in [1.82, 2.24) is 15.2 Å². The van der Waals surface area contributed by atoms with Crippen molar-refractivity contribution in [3.63, 3.8) is 0 Å². The molecule has 1 heterocycles. The first-order valence-corrected chi connectivity index (χ1v) is 8.64. The molecule has 3 rings (SSSR count). The molecule has 2 aromatic carbocycles. The predicted octanol–water partition coefficient (Wildman–Crippen LogP) is 2.82. The molecule has 144 valence electrons. The SMILES string of the molecule is COc1cccc(/C=N/Nc2nc(=O)[nH]nc2C)c1OCc1cccc(C)c1. The van der Waals surface area contributed by atoms with Gasteiger partial charge in [-0.05, 0) is 31.5 Å². The number of rotatable bonds is 7. The minimum Gasteiger partial charge on any atom is -0.493 e. The van der Waals surface area contributed by atoms with E-state index < -0.39 is 5.69 Å². The Hall–Kier alpha value is -3.68. The van der Waals surface area contributed by atoms with Crippen molar-refractivity contribution in [3.05, 3.63) is 75.3 Å². The molecule has 2 N–H and O–H groups in total. The third-order valence-electron chi connectivity index (χ3n) is 3.94. The Morgan fingerprint density at radius 1 is 1.21 bits per heavy atom. The van der Waals surface area contributed by atoms with Crippen molar-refractivity contribution in [3.8, 4) is 11.5 Å². The monoisotopic (exact) mass is 379 g/mol. The van der Waals surface area contributed by atoms with Gasteiger partial charge in [0.05, 0.1) is 13.3 Å². The lowest BCUT2D eigenvalue weighted by Gasteiger charge is -2.13. The molecule has 0 spiro atoms. The number of aryl methyl sites for hydroxylation is 2. The van der Waals surface area contributed by atoms with Gasteiger partial charge in [0.25, 0.3) is 0 Å². The average molecular weight is 379 g/mol.